The van der Waals surface area contributed by atoms with Crippen molar-refractivity contribution in [2.75, 3.05) is 25.5 Å². The lowest BCUT2D eigenvalue weighted by molar-refractivity contribution is 0.0740. The van der Waals surface area contributed by atoms with E-state index < -0.39 is 0 Å². The Labute approximate surface area is 128 Å². The normalized spacial score (nSPS) is 17.9. The largest absolute Gasteiger partial charge is 0.372 e. The van der Waals surface area contributed by atoms with Gasteiger partial charge in [-0.05, 0) is 59.5 Å². The number of anilines is 1. The van der Waals surface area contributed by atoms with Gasteiger partial charge in [0, 0.05) is 30.8 Å². The molecule has 0 unspecified atom stereocenters. The minimum Gasteiger partial charge on any atom is -0.372 e. The van der Waals surface area contributed by atoms with Crippen LogP contribution in [0.1, 0.15) is 36.0 Å². The molecule has 2 aliphatic rings. The van der Waals surface area contributed by atoms with E-state index >= 15 is 0 Å². The van der Waals surface area contributed by atoms with Crippen LogP contribution in [0.4, 0.5) is 5.82 Å². The summed E-state index contributed by atoms with van der Waals surface area (Å²) in [5, 5.41) is 3.02. The fourth-order valence-corrected chi connectivity index (χ4v) is 2.77. The molecule has 0 spiro atoms. The highest BCUT2D eigenvalue weighted by Gasteiger charge is 2.32. The lowest BCUT2D eigenvalue weighted by atomic mass is 10.2. The standard InChI is InChI=1S/C15H20BrN3O/c1-17-14-13(6-12(16)7-18-14)15(20)19(8-10-2-3-10)9-11-4-5-11/h6-7,10-11H,2-5,8-9H2,1H3,(H,17,18). The van der Waals surface area contributed by atoms with E-state index in [2.05, 4.69) is 26.2 Å². The highest BCUT2D eigenvalue weighted by atomic mass is 79.9. The maximum atomic E-state index is 12.8. The van der Waals surface area contributed by atoms with Crippen LogP contribution in [0.3, 0.4) is 0 Å². The van der Waals surface area contributed by atoms with Gasteiger partial charge in [-0.15, -0.1) is 0 Å². The number of aromatic nitrogens is 1. The number of hydrogen-bond donors (Lipinski definition) is 1. The van der Waals surface area contributed by atoms with E-state index in [9.17, 15) is 4.79 Å². The minimum atomic E-state index is 0.113. The Hall–Kier alpha value is -1.10. The van der Waals surface area contributed by atoms with Crippen LogP contribution in [0.25, 0.3) is 0 Å². The fraction of sp³-hybridized carbons (Fsp3) is 0.600. The van der Waals surface area contributed by atoms with E-state index in [0.717, 1.165) is 29.4 Å². The molecule has 5 heteroatoms. The van der Waals surface area contributed by atoms with Gasteiger partial charge in [-0.2, -0.15) is 0 Å². The van der Waals surface area contributed by atoms with Crippen molar-refractivity contribution in [3.8, 4) is 0 Å². The Kier molecular flexibility index (Phi) is 3.96. The van der Waals surface area contributed by atoms with Gasteiger partial charge < -0.3 is 10.2 Å². The average Bonchev–Trinajstić information content (AvgIpc) is 3.32. The summed E-state index contributed by atoms with van der Waals surface area (Å²) in [5.41, 5.74) is 0.670. The van der Waals surface area contributed by atoms with E-state index in [1.165, 1.54) is 25.7 Å². The SMILES string of the molecule is CNc1ncc(Br)cc1C(=O)N(CC1CC1)CC1CC1. The average molecular weight is 338 g/mol. The number of hydrogen-bond acceptors (Lipinski definition) is 3. The van der Waals surface area contributed by atoms with Crippen LogP contribution in [-0.4, -0.2) is 35.9 Å². The zero-order valence-electron chi connectivity index (χ0n) is 11.7. The quantitative estimate of drug-likeness (QED) is 0.867. The Morgan fingerprint density at radius 1 is 1.35 bits per heavy atom. The summed E-state index contributed by atoms with van der Waals surface area (Å²) < 4.78 is 0.845. The van der Waals surface area contributed by atoms with Gasteiger partial charge in [-0.25, -0.2) is 4.98 Å². The molecule has 0 aromatic carbocycles. The van der Waals surface area contributed by atoms with Gasteiger partial charge in [-0.1, -0.05) is 0 Å². The van der Waals surface area contributed by atoms with Gasteiger partial charge in [0.05, 0.1) is 5.56 Å². The molecule has 3 rings (SSSR count). The topological polar surface area (TPSA) is 45.2 Å². The van der Waals surface area contributed by atoms with Gasteiger partial charge in [0.15, 0.2) is 0 Å². The molecule has 2 fully saturated rings. The lowest BCUT2D eigenvalue weighted by Crippen LogP contribution is -2.35. The molecule has 1 aromatic heterocycles. The van der Waals surface area contributed by atoms with Crippen molar-refractivity contribution in [2.45, 2.75) is 25.7 Å². The highest BCUT2D eigenvalue weighted by molar-refractivity contribution is 9.10. The number of halogens is 1. The number of amides is 1. The summed E-state index contributed by atoms with van der Waals surface area (Å²) >= 11 is 3.41. The summed E-state index contributed by atoms with van der Waals surface area (Å²) in [6.07, 6.45) is 6.79. The first-order valence-corrected chi connectivity index (χ1v) is 8.09. The van der Waals surface area contributed by atoms with Crippen LogP contribution in [-0.2, 0) is 0 Å². The maximum absolute atomic E-state index is 12.8. The Morgan fingerprint density at radius 2 is 1.95 bits per heavy atom. The number of carbonyl (C=O) groups excluding carboxylic acids is 1. The molecule has 2 aliphatic carbocycles. The molecule has 2 saturated carbocycles. The summed E-state index contributed by atoms with van der Waals surface area (Å²) in [6, 6.07) is 1.87. The molecule has 108 valence electrons. The van der Waals surface area contributed by atoms with Crippen LogP contribution in [0.15, 0.2) is 16.7 Å². The van der Waals surface area contributed by atoms with E-state index in [1.807, 2.05) is 11.0 Å². The molecule has 1 N–H and O–H groups in total. The first-order chi connectivity index (χ1) is 9.67. The first kappa shape index (κ1) is 13.9. The van der Waals surface area contributed by atoms with Gasteiger partial charge in [0.2, 0.25) is 0 Å². The second-order valence-corrected chi connectivity index (χ2v) is 6.81. The molecule has 0 bridgehead atoms. The van der Waals surface area contributed by atoms with Crippen LogP contribution in [0, 0.1) is 11.8 Å². The molecule has 0 saturated heterocycles. The number of rotatable bonds is 6. The van der Waals surface area contributed by atoms with Crippen LogP contribution >= 0.6 is 15.9 Å². The zero-order chi connectivity index (χ0) is 14.1. The van der Waals surface area contributed by atoms with Crippen molar-refractivity contribution in [3.63, 3.8) is 0 Å². The zero-order valence-corrected chi connectivity index (χ0v) is 13.3. The fourth-order valence-electron chi connectivity index (χ4n) is 2.44. The predicted octanol–water partition coefficient (Wildman–Crippen LogP) is 3.15. The van der Waals surface area contributed by atoms with Gasteiger partial charge >= 0.3 is 0 Å². The third-order valence-corrected chi connectivity index (χ3v) is 4.39. The summed E-state index contributed by atoms with van der Waals surface area (Å²) in [4.78, 5) is 19.2. The van der Waals surface area contributed by atoms with Crippen molar-refractivity contribution in [1.29, 1.82) is 0 Å². The van der Waals surface area contributed by atoms with E-state index in [-0.39, 0.29) is 5.91 Å². The molecular weight excluding hydrogens is 318 g/mol. The Bertz CT molecular complexity index is 498. The molecule has 1 heterocycles. The molecule has 20 heavy (non-hydrogen) atoms. The molecule has 0 aliphatic heterocycles. The molecule has 1 aromatic rings. The molecule has 0 atom stereocenters. The van der Waals surface area contributed by atoms with Gasteiger partial charge in [0.25, 0.3) is 5.91 Å². The van der Waals surface area contributed by atoms with Crippen LogP contribution in [0.2, 0.25) is 0 Å². The number of nitrogens with zero attached hydrogens (tertiary/aromatic N) is 2. The van der Waals surface area contributed by atoms with Crippen molar-refractivity contribution in [1.82, 2.24) is 9.88 Å². The maximum Gasteiger partial charge on any atom is 0.257 e. The van der Waals surface area contributed by atoms with E-state index in [1.54, 1.807) is 13.2 Å². The Morgan fingerprint density at radius 3 is 2.45 bits per heavy atom. The second kappa shape index (κ2) is 5.72. The van der Waals surface area contributed by atoms with Crippen molar-refractivity contribution < 1.29 is 4.79 Å². The number of nitrogens with one attached hydrogen (secondary N) is 1. The molecule has 1 amide bonds. The third kappa shape index (κ3) is 3.32. The van der Waals surface area contributed by atoms with Crippen molar-refractivity contribution >= 4 is 27.7 Å². The van der Waals surface area contributed by atoms with Crippen LogP contribution < -0.4 is 5.32 Å². The van der Waals surface area contributed by atoms with Gasteiger partial charge in [0.1, 0.15) is 5.82 Å². The van der Waals surface area contributed by atoms with Gasteiger partial charge in [-0.3, -0.25) is 4.79 Å². The van der Waals surface area contributed by atoms with E-state index in [4.69, 9.17) is 0 Å². The molecule has 4 nitrogen and oxygen atoms in total. The second-order valence-electron chi connectivity index (χ2n) is 5.90. The monoisotopic (exact) mass is 337 g/mol. The lowest BCUT2D eigenvalue weighted by Gasteiger charge is -2.23. The third-order valence-electron chi connectivity index (χ3n) is 3.96. The summed E-state index contributed by atoms with van der Waals surface area (Å²) in [6.45, 7) is 1.82. The first-order valence-electron chi connectivity index (χ1n) is 7.30. The minimum absolute atomic E-state index is 0.113. The van der Waals surface area contributed by atoms with Crippen LogP contribution in [0.5, 0.6) is 0 Å². The number of pyridine rings is 1. The van der Waals surface area contributed by atoms with Crippen molar-refractivity contribution in [3.05, 3.63) is 22.3 Å². The van der Waals surface area contributed by atoms with Crippen molar-refractivity contribution in [2.24, 2.45) is 11.8 Å². The Balaban J connectivity index is 1.81. The summed E-state index contributed by atoms with van der Waals surface area (Å²) in [5.74, 6) is 2.21. The molecule has 0 radical (unpaired) electrons. The smallest absolute Gasteiger partial charge is 0.257 e. The predicted molar refractivity (Wildman–Crippen MR) is 82.8 cm³/mol. The molecular formula is C15H20BrN3O. The van der Waals surface area contributed by atoms with E-state index in [0.29, 0.717) is 11.4 Å². The number of carbonyl (C=O) groups is 1. The summed E-state index contributed by atoms with van der Waals surface area (Å²) in [7, 11) is 1.80. The highest BCUT2D eigenvalue weighted by Crippen LogP contribution is 2.34.